The number of carbonyl (C=O) groups excluding carboxylic acids is 1. The van der Waals surface area contributed by atoms with E-state index in [0.29, 0.717) is 11.4 Å². The summed E-state index contributed by atoms with van der Waals surface area (Å²) < 4.78 is 26.5. The zero-order valence-electron chi connectivity index (χ0n) is 25.4. The number of carbonyl (C=O) groups is 1. The van der Waals surface area contributed by atoms with Crippen molar-refractivity contribution in [3.8, 4) is 17.0 Å². The van der Waals surface area contributed by atoms with Gasteiger partial charge < -0.3 is 25.8 Å². The number of ether oxygens (including phenoxy) is 2. The van der Waals surface area contributed by atoms with Gasteiger partial charge >= 0.3 is 6.09 Å². The Kier molecular flexibility index (Phi) is 8.96. The summed E-state index contributed by atoms with van der Waals surface area (Å²) in [6, 6.07) is 7.96. The topological polar surface area (TPSA) is 128 Å². The van der Waals surface area contributed by atoms with Crippen molar-refractivity contribution in [3.63, 3.8) is 0 Å². The molecule has 0 aliphatic heterocycles. The number of nitrogens with zero attached hydrogens (tertiary/aromatic N) is 4. The minimum absolute atomic E-state index is 0.0204. The molecular weight excluding hydrogens is 585 g/mol. The standard InChI is InChI=1S/C32H37ClFN7O3/c1-18-12-28(43-5)36-15-23(18)19-13-27-29(38-21-7-9-22(10-8-21)39-31(42)44-32(2,3)4)24(16-37-41(27)17-19)30(35)40-26-14-20(34)6-11-25(26)33/h6,11-17,21-22,38H,7-10H2,1-5H3,(H2,35,40)(H,39,42). The summed E-state index contributed by atoms with van der Waals surface area (Å²) in [5.41, 5.74) is 11.1. The number of aromatic nitrogens is 3. The number of hydrogen-bond acceptors (Lipinski definition) is 7. The SMILES string of the molecule is COc1cc(C)c(-c2cc3c(NC4CCC(NC(=O)OC(C)(C)C)CC4)c(C(N)=Nc4cc(F)ccc4Cl)cnn3c2)cn1. The number of nitrogens with one attached hydrogen (secondary N) is 2. The van der Waals surface area contributed by atoms with Crippen LogP contribution in [0.1, 0.15) is 57.6 Å². The maximum absolute atomic E-state index is 14.0. The third kappa shape index (κ3) is 7.21. The number of fused-ring (bicyclic) bond motifs is 1. The third-order valence-corrected chi connectivity index (χ3v) is 7.78. The van der Waals surface area contributed by atoms with E-state index in [9.17, 15) is 9.18 Å². The molecule has 0 radical (unpaired) electrons. The monoisotopic (exact) mass is 621 g/mol. The van der Waals surface area contributed by atoms with Crippen LogP contribution in [0.15, 0.2) is 53.9 Å². The van der Waals surface area contributed by atoms with Crippen LogP contribution in [0.4, 0.5) is 20.6 Å². The number of amides is 1. The van der Waals surface area contributed by atoms with E-state index in [0.717, 1.165) is 53.6 Å². The molecule has 12 heteroatoms. The first-order chi connectivity index (χ1) is 20.9. The van der Waals surface area contributed by atoms with Gasteiger partial charge in [-0.15, -0.1) is 0 Å². The van der Waals surface area contributed by atoms with Crippen molar-refractivity contribution < 1.29 is 18.7 Å². The summed E-state index contributed by atoms with van der Waals surface area (Å²) in [7, 11) is 1.58. The second kappa shape index (κ2) is 12.7. The average Bonchev–Trinajstić information content (AvgIpc) is 3.39. The van der Waals surface area contributed by atoms with Gasteiger partial charge in [0.25, 0.3) is 0 Å². The van der Waals surface area contributed by atoms with E-state index in [1.54, 1.807) is 24.0 Å². The summed E-state index contributed by atoms with van der Waals surface area (Å²) in [5, 5.41) is 11.6. The van der Waals surface area contributed by atoms with Crippen LogP contribution < -0.4 is 21.1 Å². The third-order valence-electron chi connectivity index (χ3n) is 7.46. The Labute approximate surface area is 260 Å². The highest BCUT2D eigenvalue weighted by atomic mass is 35.5. The molecule has 232 valence electrons. The van der Waals surface area contributed by atoms with Crippen molar-refractivity contribution in [1.29, 1.82) is 0 Å². The van der Waals surface area contributed by atoms with Gasteiger partial charge in [0.1, 0.15) is 17.3 Å². The Balaban J connectivity index is 1.47. The van der Waals surface area contributed by atoms with E-state index >= 15 is 0 Å². The van der Waals surface area contributed by atoms with Crippen LogP contribution in [-0.4, -0.2) is 51.3 Å². The van der Waals surface area contributed by atoms with Crippen molar-refractivity contribution in [1.82, 2.24) is 19.9 Å². The fourth-order valence-electron chi connectivity index (χ4n) is 5.32. The number of pyridine rings is 1. The maximum atomic E-state index is 14.0. The number of alkyl carbamates (subject to hydrolysis) is 1. The van der Waals surface area contributed by atoms with Crippen molar-refractivity contribution >= 4 is 40.4 Å². The zero-order chi connectivity index (χ0) is 31.6. The Morgan fingerprint density at radius 3 is 2.55 bits per heavy atom. The highest BCUT2D eigenvalue weighted by Crippen LogP contribution is 2.34. The molecule has 5 rings (SSSR count). The Morgan fingerprint density at radius 2 is 1.86 bits per heavy atom. The van der Waals surface area contributed by atoms with Gasteiger partial charge in [-0.05, 0) is 77.1 Å². The van der Waals surface area contributed by atoms with Crippen LogP contribution in [0, 0.1) is 12.7 Å². The molecule has 1 saturated carbocycles. The molecule has 4 aromatic rings. The molecule has 3 heterocycles. The lowest BCUT2D eigenvalue weighted by Crippen LogP contribution is -2.42. The number of aliphatic imine (C=N–C) groups is 1. The lowest BCUT2D eigenvalue weighted by atomic mass is 9.91. The number of nitrogens with two attached hydrogens (primary N) is 1. The van der Waals surface area contributed by atoms with Crippen LogP contribution >= 0.6 is 11.6 Å². The van der Waals surface area contributed by atoms with Gasteiger partial charge in [0.05, 0.1) is 40.8 Å². The Morgan fingerprint density at radius 1 is 1.14 bits per heavy atom. The van der Waals surface area contributed by atoms with Crippen LogP contribution in [0.3, 0.4) is 0 Å². The minimum Gasteiger partial charge on any atom is -0.481 e. The van der Waals surface area contributed by atoms with Crippen molar-refractivity contribution in [3.05, 3.63) is 70.9 Å². The highest BCUT2D eigenvalue weighted by Gasteiger charge is 2.26. The van der Waals surface area contributed by atoms with Gasteiger partial charge in [-0.2, -0.15) is 5.10 Å². The van der Waals surface area contributed by atoms with Gasteiger partial charge in [0.2, 0.25) is 5.88 Å². The number of amidine groups is 1. The van der Waals surface area contributed by atoms with Gasteiger partial charge in [-0.3, -0.25) is 0 Å². The van der Waals surface area contributed by atoms with Crippen LogP contribution in [0.25, 0.3) is 16.6 Å². The predicted molar refractivity (Wildman–Crippen MR) is 171 cm³/mol. The molecule has 1 aromatic carbocycles. The number of methoxy groups -OCH3 is 1. The molecule has 4 N–H and O–H groups in total. The van der Waals surface area contributed by atoms with E-state index < -0.39 is 17.5 Å². The average molecular weight is 622 g/mol. The number of hydrogen-bond donors (Lipinski definition) is 3. The first kappa shape index (κ1) is 31.1. The van der Waals surface area contributed by atoms with Crippen molar-refractivity contribution in [2.24, 2.45) is 10.7 Å². The summed E-state index contributed by atoms with van der Waals surface area (Å²) in [6.07, 6.45) is 8.09. The minimum atomic E-state index is -0.556. The van der Waals surface area contributed by atoms with Gasteiger partial charge in [-0.25, -0.2) is 23.7 Å². The molecule has 44 heavy (non-hydrogen) atoms. The fourth-order valence-corrected chi connectivity index (χ4v) is 5.48. The Bertz CT molecular complexity index is 1710. The molecule has 0 atom stereocenters. The summed E-state index contributed by atoms with van der Waals surface area (Å²) in [5.74, 6) is 0.208. The second-order valence-electron chi connectivity index (χ2n) is 12.0. The molecule has 1 fully saturated rings. The summed E-state index contributed by atoms with van der Waals surface area (Å²) in [6.45, 7) is 7.53. The molecule has 1 aliphatic carbocycles. The molecule has 0 unspecified atom stereocenters. The summed E-state index contributed by atoms with van der Waals surface area (Å²) >= 11 is 6.29. The number of anilines is 1. The van der Waals surface area contributed by atoms with Gasteiger partial charge in [-0.1, -0.05) is 11.6 Å². The molecule has 0 bridgehead atoms. The quantitative estimate of drug-likeness (QED) is 0.153. The molecule has 1 amide bonds. The zero-order valence-corrected chi connectivity index (χ0v) is 26.2. The molecule has 0 saturated heterocycles. The van der Waals surface area contributed by atoms with Crippen LogP contribution in [-0.2, 0) is 4.74 Å². The molecular formula is C32H37ClFN7O3. The fraction of sp³-hybridized carbons (Fsp3) is 0.375. The smallest absolute Gasteiger partial charge is 0.407 e. The van der Waals surface area contributed by atoms with Crippen LogP contribution in [0.5, 0.6) is 5.88 Å². The largest absolute Gasteiger partial charge is 0.481 e. The van der Waals surface area contributed by atoms with Crippen LogP contribution in [0.2, 0.25) is 5.02 Å². The number of rotatable bonds is 7. The van der Waals surface area contributed by atoms with E-state index in [4.69, 9.17) is 26.8 Å². The number of halogens is 2. The lowest BCUT2D eigenvalue weighted by molar-refractivity contribution is 0.0492. The van der Waals surface area contributed by atoms with Gasteiger partial charge in [0.15, 0.2) is 0 Å². The normalized spacial score (nSPS) is 17.4. The van der Waals surface area contributed by atoms with E-state index in [1.165, 1.54) is 18.2 Å². The Hall–Kier alpha value is -4.38. The predicted octanol–water partition coefficient (Wildman–Crippen LogP) is 6.79. The second-order valence-corrected chi connectivity index (χ2v) is 12.4. The lowest BCUT2D eigenvalue weighted by Gasteiger charge is -2.31. The maximum Gasteiger partial charge on any atom is 0.407 e. The molecule has 0 spiro atoms. The van der Waals surface area contributed by atoms with E-state index in [1.807, 2.05) is 46.0 Å². The van der Waals surface area contributed by atoms with Gasteiger partial charge in [0, 0.05) is 47.7 Å². The first-order valence-electron chi connectivity index (χ1n) is 14.5. The van der Waals surface area contributed by atoms with Crippen molar-refractivity contribution in [2.45, 2.75) is 71.1 Å². The van der Waals surface area contributed by atoms with E-state index in [-0.39, 0.29) is 28.6 Å². The van der Waals surface area contributed by atoms with E-state index in [2.05, 4.69) is 25.7 Å². The first-order valence-corrected chi connectivity index (χ1v) is 14.9. The summed E-state index contributed by atoms with van der Waals surface area (Å²) in [4.78, 5) is 21.2. The molecule has 10 nitrogen and oxygen atoms in total. The number of aryl methyl sites for hydroxylation is 1. The number of benzene rings is 1. The molecule has 1 aliphatic rings. The van der Waals surface area contributed by atoms with Crippen molar-refractivity contribution in [2.75, 3.05) is 12.4 Å². The highest BCUT2D eigenvalue weighted by molar-refractivity contribution is 6.33. The molecule has 3 aromatic heterocycles.